The lowest BCUT2D eigenvalue weighted by atomic mass is 10.2. The monoisotopic (exact) mass is 273 g/mol. The van der Waals surface area contributed by atoms with Crippen LogP contribution in [0, 0.1) is 0 Å². The first-order valence-corrected chi connectivity index (χ1v) is 5.24. The number of halogens is 5. The fraction of sp³-hybridized carbons (Fsp3) is 0.333. The highest BCUT2D eigenvalue weighted by Crippen LogP contribution is 2.34. The van der Waals surface area contributed by atoms with Gasteiger partial charge in [0.2, 0.25) is 0 Å². The van der Waals surface area contributed by atoms with Crippen molar-refractivity contribution in [1.29, 1.82) is 0 Å². The van der Waals surface area contributed by atoms with Crippen LogP contribution >= 0.6 is 34.8 Å². The average molecular weight is 275 g/mol. The largest absolute Gasteiger partial charge is 0.374 e. The molecule has 0 aliphatic heterocycles. The summed E-state index contributed by atoms with van der Waals surface area (Å²) in [5.41, 5.74) is 0.274. The lowest BCUT2D eigenvalue weighted by Crippen LogP contribution is -2.24. The van der Waals surface area contributed by atoms with Crippen LogP contribution in [0.2, 0.25) is 15.1 Å². The molecule has 84 valence electrons. The van der Waals surface area contributed by atoms with Crippen molar-refractivity contribution in [3.05, 3.63) is 27.2 Å². The molecule has 0 saturated carbocycles. The maximum atomic E-state index is 12.3. The Morgan fingerprint density at radius 2 is 1.60 bits per heavy atom. The van der Waals surface area contributed by atoms with Gasteiger partial charge in [0.15, 0.2) is 0 Å². The summed E-state index contributed by atoms with van der Waals surface area (Å²) in [7, 11) is 0. The third-order valence-electron chi connectivity index (χ3n) is 1.76. The van der Waals surface area contributed by atoms with Gasteiger partial charge < -0.3 is 5.32 Å². The molecule has 0 aliphatic rings. The summed E-state index contributed by atoms with van der Waals surface area (Å²) in [6, 6.07) is 1.85. The summed E-state index contributed by atoms with van der Waals surface area (Å²) in [4.78, 5) is 0. The lowest BCUT2D eigenvalue weighted by Gasteiger charge is -2.16. The minimum absolute atomic E-state index is 0.222. The van der Waals surface area contributed by atoms with Gasteiger partial charge in [0, 0.05) is 5.02 Å². The Hall–Kier alpha value is -0.250. The van der Waals surface area contributed by atoms with Crippen molar-refractivity contribution in [1.82, 2.24) is 0 Å². The van der Waals surface area contributed by atoms with Crippen molar-refractivity contribution in [2.75, 3.05) is 5.32 Å². The molecule has 1 N–H and O–H groups in total. The van der Waals surface area contributed by atoms with E-state index in [1.807, 2.05) is 0 Å². The minimum Gasteiger partial charge on any atom is -0.374 e. The van der Waals surface area contributed by atoms with Crippen molar-refractivity contribution in [2.45, 2.75) is 19.4 Å². The van der Waals surface area contributed by atoms with Crippen molar-refractivity contribution in [3.8, 4) is 0 Å². The molecule has 6 heteroatoms. The predicted molar refractivity (Wildman–Crippen MR) is 60.6 cm³/mol. The number of hydrogen-bond donors (Lipinski definition) is 1. The molecule has 1 nitrogen and oxygen atoms in total. The second-order valence-corrected chi connectivity index (χ2v) is 4.26. The second kappa shape index (κ2) is 5.19. The second-order valence-electron chi connectivity index (χ2n) is 3.01. The van der Waals surface area contributed by atoms with Gasteiger partial charge in [0.05, 0.1) is 21.8 Å². The first-order chi connectivity index (χ1) is 6.91. The van der Waals surface area contributed by atoms with Crippen LogP contribution in [0.5, 0.6) is 0 Å². The molecule has 0 fully saturated rings. The van der Waals surface area contributed by atoms with Crippen molar-refractivity contribution >= 4 is 40.5 Å². The number of benzene rings is 1. The molecule has 0 spiro atoms. The molecule has 0 heterocycles. The Bertz CT molecular complexity index is 334. The Labute approximate surface area is 101 Å². The van der Waals surface area contributed by atoms with Crippen LogP contribution in [0.25, 0.3) is 0 Å². The van der Waals surface area contributed by atoms with Gasteiger partial charge in [0.1, 0.15) is 0 Å². The summed E-state index contributed by atoms with van der Waals surface area (Å²) in [5, 5.41) is 3.34. The van der Waals surface area contributed by atoms with E-state index in [2.05, 4.69) is 5.32 Å². The summed E-state index contributed by atoms with van der Waals surface area (Å²) < 4.78 is 24.6. The standard InChI is InChI=1S/C9H8Cl3F2N/c1-4(9(13)14)15-8-6(11)2-5(10)3-7(8)12/h2-4,9,15H,1H3. The van der Waals surface area contributed by atoms with Gasteiger partial charge >= 0.3 is 0 Å². The maximum absolute atomic E-state index is 12.3. The van der Waals surface area contributed by atoms with Crippen molar-refractivity contribution < 1.29 is 8.78 Å². The number of hydrogen-bond acceptors (Lipinski definition) is 1. The molecule has 1 atom stereocenters. The molecule has 1 aromatic carbocycles. The van der Waals surface area contributed by atoms with E-state index in [-0.39, 0.29) is 15.7 Å². The predicted octanol–water partition coefficient (Wildman–Crippen LogP) is 4.71. The Morgan fingerprint density at radius 1 is 1.13 bits per heavy atom. The van der Waals surface area contributed by atoms with Crippen LogP contribution in [0.3, 0.4) is 0 Å². The molecular formula is C9H8Cl3F2N. The molecule has 1 aromatic rings. The number of anilines is 1. The van der Waals surface area contributed by atoms with Crippen LogP contribution in [0.1, 0.15) is 6.92 Å². The average Bonchev–Trinajstić information content (AvgIpc) is 2.10. The van der Waals surface area contributed by atoms with Gasteiger partial charge in [-0.15, -0.1) is 0 Å². The molecule has 0 saturated heterocycles. The molecule has 0 aliphatic carbocycles. The number of rotatable bonds is 3. The zero-order valence-corrected chi connectivity index (χ0v) is 9.97. The zero-order valence-electron chi connectivity index (χ0n) is 7.70. The zero-order chi connectivity index (χ0) is 11.6. The molecule has 0 radical (unpaired) electrons. The van der Waals surface area contributed by atoms with Gasteiger partial charge in [0.25, 0.3) is 6.43 Å². The Balaban J connectivity index is 2.95. The molecule has 0 aromatic heterocycles. The molecule has 15 heavy (non-hydrogen) atoms. The summed E-state index contributed by atoms with van der Waals surface area (Å²) >= 11 is 17.3. The van der Waals surface area contributed by atoms with Gasteiger partial charge in [-0.3, -0.25) is 0 Å². The van der Waals surface area contributed by atoms with Gasteiger partial charge in [-0.2, -0.15) is 0 Å². The Morgan fingerprint density at radius 3 is 2.00 bits per heavy atom. The van der Waals surface area contributed by atoms with E-state index in [4.69, 9.17) is 34.8 Å². The normalized spacial score (nSPS) is 13.0. The molecule has 0 bridgehead atoms. The summed E-state index contributed by atoms with van der Waals surface area (Å²) in [6.45, 7) is 1.34. The Kier molecular flexibility index (Phi) is 4.44. The smallest absolute Gasteiger partial charge is 0.258 e. The summed E-state index contributed by atoms with van der Waals surface area (Å²) in [5.74, 6) is 0. The number of alkyl halides is 2. The first kappa shape index (κ1) is 12.8. The third kappa shape index (κ3) is 3.37. The van der Waals surface area contributed by atoms with E-state index in [0.717, 1.165) is 0 Å². The van der Waals surface area contributed by atoms with E-state index >= 15 is 0 Å². The van der Waals surface area contributed by atoms with Gasteiger partial charge in [-0.25, -0.2) is 8.78 Å². The molecule has 1 unspecified atom stereocenters. The highest BCUT2D eigenvalue weighted by atomic mass is 35.5. The van der Waals surface area contributed by atoms with Crippen LogP contribution in [-0.4, -0.2) is 12.5 Å². The molecule has 1 rings (SSSR count). The molecule has 0 amide bonds. The molecular weight excluding hydrogens is 266 g/mol. The minimum atomic E-state index is -2.49. The van der Waals surface area contributed by atoms with E-state index in [1.54, 1.807) is 0 Å². The van der Waals surface area contributed by atoms with Crippen molar-refractivity contribution in [3.63, 3.8) is 0 Å². The van der Waals surface area contributed by atoms with Gasteiger partial charge in [-0.1, -0.05) is 34.8 Å². The highest BCUT2D eigenvalue weighted by molar-refractivity contribution is 6.41. The number of nitrogens with one attached hydrogen (secondary N) is 1. The van der Waals surface area contributed by atoms with E-state index in [0.29, 0.717) is 5.02 Å². The van der Waals surface area contributed by atoms with Gasteiger partial charge in [-0.05, 0) is 19.1 Å². The SMILES string of the molecule is CC(Nc1c(Cl)cc(Cl)cc1Cl)C(F)F. The quantitative estimate of drug-likeness (QED) is 0.841. The van der Waals surface area contributed by atoms with E-state index < -0.39 is 12.5 Å². The topological polar surface area (TPSA) is 12.0 Å². The van der Waals surface area contributed by atoms with Crippen LogP contribution in [-0.2, 0) is 0 Å². The van der Waals surface area contributed by atoms with Crippen molar-refractivity contribution in [2.24, 2.45) is 0 Å². The van der Waals surface area contributed by atoms with Crippen LogP contribution in [0.15, 0.2) is 12.1 Å². The lowest BCUT2D eigenvalue weighted by molar-refractivity contribution is 0.131. The fourth-order valence-corrected chi connectivity index (χ4v) is 1.90. The van der Waals surface area contributed by atoms with Crippen LogP contribution < -0.4 is 5.32 Å². The fourth-order valence-electron chi connectivity index (χ4n) is 0.971. The first-order valence-electron chi connectivity index (χ1n) is 4.11. The maximum Gasteiger partial charge on any atom is 0.258 e. The van der Waals surface area contributed by atoms with Crippen LogP contribution in [0.4, 0.5) is 14.5 Å². The summed E-state index contributed by atoms with van der Waals surface area (Å²) in [6.07, 6.45) is -2.49. The van der Waals surface area contributed by atoms with E-state index in [1.165, 1.54) is 19.1 Å². The van der Waals surface area contributed by atoms with E-state index in [9.17, 15) is 8.78 Å². The highest BCUT2D eigenvalue weighted by Gasteiger charge is 2.17. The third-order valence-corrected chi connectivity index (χ3v) is 2.57.